The number of rotatable bonds is 1. The standard InChI is InChI=1S/C6H3Cl2NO3/c7-3-1-2-4(8)9-5(3)12-6(10)11/h1-2H,(H,10,11). The van der Waals surface area contributed by atoms with Gasteiger partial charge in [0.1, 0.15) is 10.2 Å². The molecule has 1 heterocycles. The van der Waals surface area contributed by atoms with E-state index in [4.69, 9.17) is 28.3 Å². The van der Waals surface area contributed by atoms with Crippen LogP contribution in [-0.2, 0) is 0 Å². The third-order valence-electron chi connectivity index (χ3n) is 0.964. The average molecular weight is 208 g/mol. The Kier molecular flexibility index (Phi) is 2.73. The smallest absolute Gasteiger partial charge is 0.449 e. The summed E-state index contributed by atoms with van der Waals surface area (Å²) in [5.74, 6) is -0.211. The van der Waals surface area contributed by atoms with Crippen molar-refractivity contribution in [2.45, 2.75) is 0 Å². The van der Waals surface area contributed by atoms with Crippen molar-refractivity contribution >= 4 is 29.4 Å². The molecule has 1 aromatic rings. The van der Waals surface area contributed by atoms with E-state index in [2.05, 4.69) is 9.72 Å². The molecule has 0 radical (unpaired) electrons. The molecule has 0 amide bonds. The summed E-state index contributed by atoms with van der Waals surface area (Å²) in [6.07, 6.45) is -1.48. The minimum Gasteiger partial charge on any atom is -0.449 e. The summed E-state index contributed by atoms with van der Waals surface area (Å²) >= 11 is 11.0. The molecule has 1 aromatic heterocycles. The lowest BCUT2D eigenvalue weighted by Gasteiger charge is -2.00. The normalized spacial score (nSPS) is 9.50. The molecule has 0 fully saturated rings. The monoisotopic (exact) mass is 207 g/mol. The Labute approximate surface area is 77.7 Å². The number of aromatic nitrogens is 1. The van der Waals surface area contributed by atoms with Crippen LogP contribution in [0.4, 0.5) is 4.79 Å². The van der Waals surface area contributed by atoms with Gasteiger partial charge in [-0.2, -0.15) is 4.98 Å². The van der Waals surface area contributed by atoms with Gasteiger partial charge in [0.25, 0.3) is 0 Å². The van der Waals surface area contributed by atoms with Gasteiger partial charge >= 0.3 is 6.16 Å². The highest BCUT2D eigenvalue weighted by Crippen LogP contribution is 2.23. The Morgan fingerprint density at radius 2 is 2.17 bits per heavy atom. The second kappa shape index (κ2) is 3.60. The second-order valence-electron chi connectivity index (χ2n) is 1.79. The summed E-state index contributed by atoms with van der Waals surface area (Å²) in [4.78, 5) is 13.6. The largest absolute Gasteiger partial charge is 0.512 e. The van der Waals surface area contributed by atoms with Gasteiger partial charge in [0, 0.05) is 0 Å². The first-order chi connectivity index (χ1) is 5.59. The Hall–Kier alpha value is -1.000. The van der Waals surface area contributed by atoms with E-state index in [1.807, 2.05) is 0 Å². The maximum absolute atomic E-state index is 10.1. The van der Waals surface area contributed by atoms with E-state index in [1.54, 1.807) is 0 Å². The van der Waals surface area contributed by atoms with Gasteiger partial charge in [0.2, 0.25) is 5.88 Å². The van der Waals surface area contributed by atoms with Gasteiger partial charge in [-0.1, -0.05) is 23.2 Å². The topological polar surface area (TPSA) is 59.4 Å². The molecule has 0 bridgehead atoms. The zero-order chi connectivity index (χ0) is 9.14. The average Bonchev–Trinajstić information content (AvgIpc) is 1.96. The Bertz CT molecular complexity index is 316. The SMILES string of the molecule is O=C(O)Oc1nc(Cl)ccc1Cl. The lowest BCUT2D eigenvalue weighted by Crippen LogP contribution is -2.04. The van der Waals surface area contributed by atoms with E-state index in [1.165, 1.54) is 12.1 Å². The summed E-state index contributed by atoms with van der Waals surface area (Å²) in [5.41, 5.74) is 0. The summed E-state index contributed by atoms with van der Waals surface area (Å²) in [6, 6.07) is 2.83. The van der Waals surface area contributed by atoms with E-state index >= 15 is 0 Å². The minimum atomic E-state index is -1.48. The molecule has 0 unspecified atom stereocenters. The van der Waals surface area contributed by atoms with Crippen LogP contribution in [0, 0.1) is 0 Å². The Morgan fingerprint density at radius 1 is 1.50 bits per heavy atom. The van der Waals surface area contributed by atoms with E-state index in [0.29, 0.717) is 0 Å². The summed E-state index contributed by atoms with van der Waals surface area (Å²) in [6.45, 7) is 0. The molecule has 1 N–H and O–H groups in total. The van der Waals surface area contributed by atoms with E-state index in [9.17, 15) is 4.79 Å². The first-order valence-corrected chi connectivity index (χ1v) is 3.58. The number of carboxylic acid groups (broad SMARTS) is 1. The number of nitrogens with zero attached hydrogens (tertiary/aromatic N) is 1. The molecule has 0 aliphatic rings. The molecule has 0 atom stereocenters. The fourth-order valence-corrected chi connectivity index (χ4v) is 0.839. The van der Waals surface area contributed by atoms with Gasteiger partial charge in [-0.3, -0.25) is 0 Å². The molecule has 0 saturated carbocycles. The number of hydrogen-bond donors (Lipinski definition) is 1. The second-order valence-corrected chi connectivity index (χ2v) is 2.58. The van der Waals surface area contributed by atoms with Gasteiger partial charge in [-0.15, -0.1) is 0 Å². The van der Waals surface area contributed by atoms with Crippen LogP contribution in [0.1, 0.15) is 0 Å². The van der Waals surface area contributed by atoms with E-state index in [0.717, 1.165) is 0 Å². The van der Waals surface area contributed by atoms with Crippen molar-refractivity contribution in [3.63, 3.8) is 0 Å². The molecule has 12 heavy (non-hydrogen) atoms. The predicted octanol–water partition coefficient (Wildman–Crippen LogP) is 2.45. The number of hydrogen-bond acceptors (Lipinski definition) is 3. The Balaban J connectivity index is 2.97. The molecule has 0 saturated heterocycles. The molecule has 4 nitrogen and oxygen atoms in total. The van der Waals surface area contributed by atoms with Crippen molar-refractivity contribution in [1.29, 1.82) is 0 Å². The fourth-order valence-electron chi connectivity index (χ4n) is 0.555. The molecule has 0 aliphatic heterocycles. The molecular weight excluding hydrogens is 205 g/mol. The molecule has 6 heteroatoms. The Morgan fingerprint density at radius 3 is 2.75 bits per heavy atom. The van der Waals surface area contributed by atoms with Crippen molar-refractivity contribution in [2.24, 2.45) is 0 Å². The van der Waals surface area contributed by atoms with Crippen molar-refractivity contribution in [2.75, 3.05) is 0 Å². The van der Waals surface area contributed by atoms with Crippen molar-refractivity contribution in [3.05, 3.63) is 22.3 Å². The zero-order valence-corrected chi connectivity index (χ0v) is 7.13. The van der Waals surface area contributed by atoms with Crippen molar-refractivity contribution in [3.8, 4) is 5.88 Å². The van der Waals surface area contributed by atoms with Crippen LogP contribution in [0.2, 0.25) is 10.2 Å². The highest BCUT2D eigenvalue weighted by Gasteiger charge is 2.07. The number of carbonyl (C=O) groups is 1. The summed E-state index contributed by atoms with van der Waals surface area (Å²) < 4.78 is 4.21. The van der Waals surface area contributed by atoms with Crippen LogP contribution in [0.3, 0.4) is 0 Å². The maximum Gasteiger partial charge on any atom is 0.512 e. The van der Waals surface area contributed by atoms with Crippen LogP contribution >= 0.6 is 23.2 Å². The molecule has 0 aromatic carbocycles. The van der Waals surface area contributed by atoms with E-state index in [-0.39, 0.29) is 16.1 Å². The molecule has 1 rings (SSSR count). The van der Waals surface area contributed by atoms with Gasteiger partial charge in [-0.25, -0.2) is 4.79 Å². The molecule has 0 spiro atoms. The summed E-state index contributed by atoms with van der Waals surface area (Å²) in [5, 5.41) is 8.44. The minimum absolute atomic E-state index is 0.0989. The highest BCUT2D eigenvalue weighted by atomic mass is 35.5. The highest BCUT2D eigenvalue weighted by molar-refractivity contribution is 6.33. The third kappa shape index (κ3) is 2.25. The first-order valence-electron chi connectivity index (χ1n) is 2.82. The number of ether oxygens (including phenoxy) is 1. The van der Waals surface area contributed by atoms with Gasteiger partial charge in [0.05, 0.1) is 0 Å². The van der Waals surface area contributed by atoms with Gasteiger partial charge in [-0.05, 0) is 12.1 Å². The summed E-state index contributed by atoms with van der Waals surface area (Å²) in [7, 11) is 0. The number of pyridine rings is 1. The lowest BCUT2D eigenvalue weighted by molar-refractivity contribution is 0.142. The van der Waals surface area contributed by atoms with Crippen LogP contribution in [-0.4, -0.2) is 16.2 Å². The van der Waals surface area contributed by atoms with Gasteiger partial charge in [0.15, 0.2) is 0 Å². The van der Waals surface area contributed by atoms with Crippen LogP contribution < -0.4 is 4.74 Å². The van der Waals surface area contributed by atoms with Crippen molar-refractivity contribution in [1.82, 2.24) is 4.98 Å². The zero-order valence-electron chi connectivity index (χ0n) is 5.62. The number of halogens is 2. The molecule has 64 valence electrons. The fraction of sp³-hybridized carbons (Fsp3) is 0. The van der Waals surface area contributed by atoms with Gasteiger partial charge < -0.3 is 9.84 Å². The quantitative estimate of drug-likeness (QED) is 0.568. The van der Waals surface area contributed by atoms with E-state index < -0.39 is 6.16 Å². The maximum atomic E-state index is 10.1. The van der Waals surface area contributed by atoms with Crippen LogP contribution in [0.25, 0.3) is 0 Å². The van der Waals surface area contributed by atoms with Crippen LogP contribution in [0.5, 0.6) is 5.88 Å². The molecular formula is C6H3Cl2NO3. The molecule has 0 aliphatic carbocycles. The van der Waals surface area contributed by atoms with Crippen molar-refractivity contribution < 1.29 is 14.6 Å². The first kappa shape index (κ1) is 9.09. The third-order valence-corrected chi connectivity index (χ3v) is 1.46. The predicted molar refractivity (Wildman–Crippen MR) is 42.9 cm³/mol. The van der Waals surface area contributed by atoms with Crippen LogP contribution in [0.15, 0.2) is 12.1 Å². The lowest BCUT2D eigenvalue weighted by atomic mass is 10.5.